The minimum atomic E-state index is -0.524. The second kappa shape index (κ2) is 9.37. The molecule has 0 spiro atoms. The summed E-state index contributed by atoms with van der Waals surface area (Å²) < 4.78 is 5.45. The molecule has 1 aliphatic heterocycles. The first kappa shape index (κ1) is 19.8. The number of carbonyl (C=O) groups is 1. The lowest BCUT2D eigenvalue weighted by atomic mass is 9.92. The van der Waals surface area contributed by atoms with Crippen molar-refractivity contribution in [2.45, 2.75) is 25.3 Å². The lowest BCUT2D eigenvalue weighted by Crippen LogP contribution is -2.15. The van der Waals surface area contributed by atoms with Crippen LogP contribution in [-0.2, 0) is 11.3 Å². The largest absolute Gasteiger partial charge is 0.381 e. The zero-order chi connectivity index (χ0) is 20.8. The Labute approximate surface area is 175 Å². The van der Waals surface area contributed by atoms with Gasteiger partial charge < -0.3 is 21.1 Å². The van der Waals surface area contributed by atoms with E-state index in [-0.39, 0.29) is 0 Å². The van der Waals surface area contributed by atoms with Crippen LogP contribution in [0.25, 0.3) is 0 Å². The first-order chi connectivity index (χ1) is 14.7. The van der Waals surface area contributed by atoms with E-state index in [1.807, 2.05) is 12.1 Å². The van der Waals surface area contributed by atoms with Crippen LogP contribution in [0.4, 0.5) is 17.2 Å². The van der Waals surface area contributed by atoms with E-state index in [4.69, 9.17) is 10.5 Å². The molecule has 1 fully saturated rings. The van der Waals surface area contributed by atoms with Crippen molar-refractivity contribution in [2.75, 3.05) is 23.8 Å². The third-order valence-electron chi connectivity index (χ3n) is 5.25. The maximum Gasteiger partial charge on any atom is 0.252 e. The smallest absolute Gasteiger partial charge is 0.252 e. The number of primary amides is 1. The van der Waals surface area contributed by atoms with Crippen LogP contribution >= 0.6 is 0 Å². The first-order valence-corrected chi connectivity index (χ1v) is 10.1. The molecule has 7 heteroatoms. The molecule has 0 saturated carbocycles. The second-order valence-electron chi connectivity index (χ2n) is 7.33. The van der Waals surface area contributed by atoms with Gasteiger partial charge in [-0.15, -0.1) is 0 Å². The molecular formula is C23H25N5O2. The summed E-state index contributed by atoms with van der Waals surface area (Å²) in [5, 5.41) is 6.56. The van der Waals surface area contributed by atoms with Gasteiger partial charge in [0.05, 0.1) is 11.3 Å². The van der Waals surface area contributed by atoms with Gasteiger partial charge in [-0.1, -0.05) is 18.2 Å². The Morgan fingerprint density at radius 3 is 2.63 bits per heavy atom. The highest BCUT2D eigenvalue weighted by Crippen LogP contribution is 2.28. The fourth-order valence-electron chi connectivity index (χ4n) is 3.58. The minimum absolute atomic E-state index is 0.347. The monoisotopic (exact) mass is 403 g/mol. The number of ether oxygens (including phenoxy) is 1. The van der Waals surface area contributed by atoms with Crippen molar-refractivity contribution in [3.05, 3.63) is 77.7 Å². The number of rotatable bonds is 7. The molecule has 4 rings (SSSR count). The van der Waals surface area contributed by atoms with Gasteiger partial charge in [0.2, 0.25) is 0 Å². The quantitative estimate of drug-likeness (QED) is 0.554. The number of nitrogens with zero attached hydrogens (tertiary/aromatic N) is 2. The maximum absolute atomic E-state index is 11.8. The van der Waals surface area contributed by atoms with E-state index in [1.54, 1.807) is 18.5 Å². The lowest BCUT2D eigenvalue weighted by Gasteiger charge is -2.22. The van der Waals surface area contributed by atoms with E-state index in [0.29, 0.717) is 29.5 Å². The van der Waals surface area contributed by atoms with Gasteiger partial charge >= 0.3 is 0 Å². The number of carbonyl (C=O) groups excluding carboxylic acids is 1. The molecule has 0 atom stereocenters. The zero-order valence-electron chi connectivity index (χ0n) is 16.7. The van der Waals surface area contributed by atoms with Gasteiger partial charge in [-0.3, -0.25) is 9.78 Å². The third kappa shape index (κ3) is 4.93. The van der Waals surface area contributed by atoms with E-state index < -0.39 is 5.91 Å². The van der Waals surface area contributed by atoms with Crippen molar-refractivity contribution in [1.29, 1.82) is 0 Å². The fraction of sp³-hybridized carbons (Fsp3) is 0.261. The highest BCUT2D eigenvalue weighted by molar-refractivity contribution is 5.98. The number of aromatic nitrogens is 2. The normalized spacial score (nSPS) is 14.3. The number of hydrogen-bond acceptors (Lipinski definition) is 6. The van der Waals surface area contributed by atoms with E-state index in [1.165, 1.54) is 11.8 Å². The minimum Gasteiger partial charge on any atom is -0.381 e. The van der Waals surface area contributed by atoms with Crippen molar-refractivity contribution in [3.63, 3.8) is 0 Å². The summed E-state index contributed by atoms with van der Waals surface area (Å²) in [4.78, 5) is 20.2. The number of benzene rings is 1. The SMILES string of the molecule is NC(=O)c1cnc(Nc2ccc(C3CCOCC3)cc2)cc1NCc1cccnc1. The molecule has 0 radical (unpaired) electrons. The van der Waals surface area contributed by atoms with Gasteiger partial charge in [0, 0.05) is 50.1 Å². The average Bonchev–Trinajstić information content (AvgIpc) is 2.79. The molecule has 30 heavy (non-hydrogen) atoms. The molecule has 1 aliphatic rings. The maximum atomic E-state index is 11.8. The molecular weight excluding hydrogens is 378 g/mol. The number of hydrogen-bond donors (Lipinski definition) is 3. The number of amides is 1. The van der Waals surface area contributed by atoms with Crippen molar-refractivity contribution in [2.24, 2.45) is 5.73 Å². The third-order valence-corrected chi connectivity index (χ3v) is 5.25. The molecule has 0 aliphatic carbocycles. The van der Waals surface area contributed by atoms with E-state index in [2.05, 4.69) is 44.9 Å². The van der Waals surface area contributed by atoms with Crippen LogP contribution in [-0.4, -0.2) is 29.1 Å². The van der Waals surface area contributed by atoms with Crippen molar-refractivity contribution in [3.8, 4) is 0 Å². The van der Waals surface area contributed by atoms with Gasteiger partial charge in [0.1, 0.15) is 5.82 Å². The predicted octanol–water partition coefficient (Wildman–Crippen LogP) is 3.83. The van der Waals surface area contributed by atoms with Crippen LogP contribution in [0.5, 0.6) is 0 Å². The number of nitrogens with two attached hydrogens (primary N) is 1. The van der Waals surface area contributed by atoms with Gasteiger partial charge in [-0.2, -0.15) is 0 Å². The Kier molecular flexibility index (Phi) is 6.20. The van der Waals surface area contributed by atoms with Gasteiger partial charge in [0.25, 0.3) is 5.91 Å². The van der Waals surface area contributed by atoms with Crippen LogP contribution in [0.2, 0.25) is 0 Å². The van der Waals surface area contributed by atoms with Gasteiger partial charge in [-0.05, 0) is 48.1 Å². The Bertz CT molecular complexity index is 986. The van der Waals surface area contributed by atoms with Crippen LogP contribution in [0.15, 0.2) is 61.1 Å². The standard InChI is InChI=1S/C23H25N5O2/c24-23(29)20-15-27-22(12-21(20)26-14-16-2-1-9-25-13-16)28-19-5-3-17(4-6-19)18-7-10-30-11-8-18/h1-6,9,12-13,15,18H,7-8,10-11,14H2,(H2,24,29)(H2,26,27,28). The summed E-state index contributed by atoms with van der Waals surface area (Å²) >= 11 is 0. The van der Waals surface area contributed by atoms with E-state index in [9.17, 15) is 4.79 Å². The molecule has 154 valence electrons. The summed E-state index contributed by atoms with van der Waals surface area (Å²) in [7, 11) is 0. The molecule has 1 aromatic carbocycles. The van der Waals surface area contributed by atoms with Crippen LogP contribution in [0.1, 0.15) is 40.2 Å². The molecule has 4 N–H and O–H groups in total. The second-order valence-corrected chi connectivity index (χ2v) is 7.33. The zero-order valence-corrected chi connectivity index (χ0v) is 16.7. The Morgan fingerprint density at radius 2 is 1.93 bits per heavy atom. The molecule has 3 aromatic rings. The number of pyridine rings is 2. The van der Waals surface area contributed by atoms with Crippen molar-refractivity contribution < 1.29 is 9.53 Å². The summed E-state index contributed by atoms with van der Waals surface area (Å²) in [5.74, 6) is 0.667. The molecule has 0 unspecified atom stereocenters. The van der Waals surface area contributed by atoms with Gasteiger partial charge in [0.15, 0.2) is 0 Å². The van der Waals surface area contributed by atoms with E-state index >= 15 is 0 Å². The topological polar surface area (TPSA) is 102 Å². The number of anilines is 3. The van der Waals surface area contributed by atoms with Gasteiger partial charge in [-0.25, -0.2) is 4.98 Å². The molecule has 1 saturated heterocycles. The van der Waals surface area contributed by atoms with Crippen LogP contribution in [0.3, 0.4) is 0 Å². The van der Waals surface area contributed by atoms with Crippen molar-refractivity contribution in [1.82, 2.24) is 9.97 Å². The summed E-state index contributed by atoms with van der Waals surface area (Å²) in [6.07, 6.45) is 7.12. The summed E-state index contributed by atoms with van der Waals surface area (Å²) in [6, 6.07) is 14.0. The molecule has 3 heterocycles. The van der Waals surface area contributed by atoms with Crippen LogP contribution < -0.4 is 16.4 Å². The average molecular weight is 403 g/mol. The summed E-state index contributed by atoms with van der Waals surface area (Å²) in [6.45, 7) is 2.18. The highest BCUT2D eigenvalue weighted by atomic mass is 16.5. The molecule has 7 nitrogen and oxygen atoms in total. The number of nitrogens with one attached hydrogen (secondary N) is 2. The Morgan fingerprint density at radius 1 is 1.13 bits per heavy atom. The summed E-state index contributed by atoms with van der Waals surface area (Å²) in [5.41, 5.74) is 9.76. The van der Waals surface area contributed by atoms with Crippen LogP contribution in [0, 0.1) is 0 Å². The fourth-order valence-corrected chi connectivity index (χ4v) is 3.58. The van der Waals surface area contributed by atoms with E-state index in [0.717, 1.165) is 37.3 Å². The molecule has 2 aromatic heterocycles. The molecule has 1 amide bonds. The Balaban J connectivity index is 1.47. The highest BCUT2D eigenvalue weighted by Gasteiger charge is 2.16. The molecule has 0 bridgehead atoms. The Hall–Kier alpha value is -3.45. The lowest BCUT2D eigenvalue weighted by molar-refractivity contribution is 0.0853. The predicted molar refractivity (Wildman–Crippen MR) is 117 cm³/mol. The first-order valence-electron chi connectivity index (χ1n) is 10.1. The van der Waals surface area contributed by atoms with Crippen molar-refractivity contribution >= 4 is 23.1 Å².